The van der Waals surface area contributed by atoms with Crippen LogP contribution in [0.1, 0.15) is 41.4 Å². The zero-order valence-electron chi connectivity index (χ0n) is 19.7. The fourth-order valence-corrected chi connectivity index (χ4v) is 4.46. The Bertz CT molecular complexity index is 1270. The molecule has 33 heavy (non-hydrogen) atoms. The summed E-state index contributed by atoms with van der Waals surface area (Å²) in [4.78, 5) is 16.5. The molecule has 0 aliphatic rings. The third-order valence-electron chi connectivity index (χ3n) is 6.08. The molecule has 0 fully saturated rings. The minimum atomic E-state index is -0.422. The first-order valence-electron chi connectivity index (χ1n) is 11.0. The third kappa shape index (κ3) is 4.31. The minimum Gasteiger partial charge on any atom is -0.493 e. The molecule has 0 saturated carbocycles. The van der Waals surface area contributed by atoms with E-state index in [4.69, 9.17) is 9.47 Å². The van der Waals surface area contributed by atoms with Gasteiger partial charge in [0.2, 0.25) is 5.91 Å². The smallest absolute Gasteiger partial charge is 0.244 e. The minimum absolute atomic E-state index is 0.0899. The summed E-state index contributed by atoms with van der Waals surface area (Å²) in [7, 11) is 3.26. The van der Waals surface area contributed by atoms with Gasteiger partial charge in [-0.05, 0) is 44.5 Å². The fraction of sp³-hybridized carbons (Fsp3) is 0.308. The SMILES string of the molecule is COc1cccc(C(CNC(=O)C(C)n2nc(C)cc2C)c2c[nH]c3ccccc23)c1OC. The van der Waals surface area contributed by atoms with Crippen molar-refractivity contribution >= 4 is 16.8 Å². The van der Waals surface area contributed by atoms with Crippen LogP contribution < -0.4 is 14.8 Å². The summed E-state index contributed by atoms with van der Waals surface area (Å²) < 4.78 is 13.0. The molecule has 7 heteroatoms. The molecule has 2 aromatic heterocycles. The van der Waals surface area contributed by atoms with Crippen molar-refractivity contribution in [3.05, 3.63) is 77.2 Å². The van der Waals surface area contributed by atoms with Crippen LogP contribution in [-0.4, -0.2) is 41.4 Å². The second-order valence-electron chi connectivity index (χ2n) is 8.22. The molecule has 2 N–H and O–H groups in total. The van der Waals surface area contributed by atoms with Crippen molar-refractivity contribution in [2.45, 2.75) is 32.7 Å². The van der Waals surface area contributed by atoms with Gasteiger partial charge in [0.25, 0.3) is 0 Å². The Hall–Kier alpha value is -3.74. The number of fused-ring (bicyclic) bond motifs is 1. The van der Waals surface area contributed by atoms with Crippen LogP contribution in [0.2, 0.25) is 0 Å². The highest BCUT2D eigenvalue weighted by atomic mass is 16.5. The van der Waals surface area contributed by atoms with Crippen LogP contribution in [0, 0.1) is 13.8 Å². The zero-order chi connectivity index (χ0) is 23.5. The predicted octanol–water partition coefficient (Wildman–Crippen LogP) is 4.51. The Labute approximate surface area is 193 Å². The van der Waals surface area contributed by atoms with E-state index in [1.807, 2.05) is 69.4 Å². The Kier molecular flexibility index (Phi) is 6.40. The molecule has 2 atom stereocenters. The van der Waals surface area contributed by atoms with Crippen molar-refractivity contribution in [2.24, 2.45) is 0 Å². The summed E-state index contributed by atoms with van der Waals surface area (Å²) in [5.41, 5.74) is 4.92. The molecule has 1 amide bonds. The Morgan fingerprint density at radius 3 is 2.58 bits per heavy atom. The number of aromatic nitrogens is 3. The molecule has 4 aromatic rings. The molecule has 7 nitrogen and oxygen atoms in total. The lowest BCUT2D eigenvalue weighted by atomic mass is 9.89. The van der Waals surface area contributed by atoms with Crippen molar-refractivity contribution in [1.29, 1.82) is 0 Å². The molecule has 2 aromatic carbocycles. The highest BCUT2D eigenvalue weighted by Gasteiger charge is 2.26. The first kappa shape index (κ1) is 22.5. The van der Waals surface area contributed by atoms with Crippen molar-refractivity contribution in [3.63, 3.8) is 0 Å². The molecule has 4 rings (SSSR count). The van der Waals surface area contributed by atoms with E-state index in [2.05, 4.69) is 21.5 Å². The highest BCUT2D eigenvalue weighted by Crippen LogP contribution is 2.40. The summed E-state index contributed by atoms with van der Waals surface area (Å²) in [6, 6.07) is 15.5. The zero-order valence-corrected chi connectivity index (χ0v) is 19.7. The van der Waals surface area contributed by atoms with Crippen LogP contribution in [0.4, 0.5) is 0 Å². The molecule has 0 saturated heterocycles. The normalized spacial score (nSPS) is 13.0. The van der Waals surface area contributed by atoms with Crippen LogP contribution in [0.5, 0.6) is 11.5 Å². The van der Waals surface area contributed by atoms with Crippen molar-refractivity contribution in [3.8, 4) is 11.5 Å². The van der Waals surface area contributed by atoms with Crippen LogP contribution in [0.15, 0.2) is 54.7 Å². The third-order valence-corrected chi connectivity index (χ3v) is 6.08. The molecule has 0 bridgehead atoms. The maximum Gasteiger partial charge on any atom is 0.244 e. The van der Waals surface area contributed by atoms with Gasteiger partial charge in [-0.15, -0.1) is 0 Å². The number of hydrogen-bond donors (Lipinski definition) is 2. The number of benzene rings is 2. The molecule has 172 valence electrons. The number of carbonyl (C=O) groups excluding carboxylic acids is 1. The average Bonchev–Trinajstić information content (AvgIpc) is 3.40. The van der Waals surface area contributed by atoms with Gasteiger partial charge in [-0.3, -0.25) is 9.48 Å². The number of aromatic amines is 1. The number of hydrogen-bond acceptors (Lipinski definition) is 4. The lowest BCUT2D eigenvalue weighted by molar-refractivity contribution is -0.124. The highest BCUT2D eigenvalue weighted by molar-refractivity contribution is 5.85. The topological polar surface area (TPSA) is 81.2 Å². The molecular formula is C26H30N4O3. The van der Waals surface area contributed by atoms with Crippen molar-refractivity contribution < 1.29 is 14.3 Å². The molecule has 2 heterocycles. The van der Waals surface area contributed by atoms with Crippen LogP contribution in [0.3, 0.4) is 0 Å². The monoisotopic (exact) mass is 446 g/mol. The first-order valence-corrected chi connectivity index (χ1v) is 11.0. The van der Waals surface area contributed by atoms with Gasteiger partial charge in [-0.25, -0.2) is 0 Å². The lowest BCUT2D eigenvalue weighted by Gasteiger charge is -2.23. The van der Waals surface area contributed by atoms with E-state index < -0.39 is 6.04 Å². The van der Waals surface area contributed by atoms with E-state index in [0.717, 1.165) is 33.4 Å². The predicted molar refractivity (Wildman–Crippen MR) is 129 cm³/mol. The Morgan fingerprint density at radius 2 is 1.88 bits per heavy atom. The summed E-state index contributed by atoms with van der Waals surface area (Å²) in [5.74, 6) is 1.08. The number of aryl methyl sites for hydroxylation is 2. The van der Waals surface area contributed by atoms with Crippen LogP contribution in [0.25, 0.3) is 10.9 Å². The maximum atomic E-state index is 13.1. The summed E-state index contributed by atoms with van der Waals surface area (Å²) in [6.45, 7) is 6.14. The average molecular weight is 447 g/mol. The second kappa shape index (κ2) is 9.40. The number of para-hydroxylation sites is 2. The number of ether oxygens (including phenoxy) is 2. The second-order valence-corrected chi connectivity index (χ2v) is 8.22. The molecular weight excluding hydrogens is 416 g/mol. The van der Waals surface area contributed by atoms with E-state index >= 15 is 0 Å². The van der Waals surface area contributed by atoms with Crippen LogP contribution in [-0.2, 0) is 4.79 Å². The number of amides is 1. The number of H-pyrrole nitrogens is 1. The van der Waals surface area contributed by atoms with E-state index in [1.54, 1.807) is 18.9 Å². The standard InChI is InChI=1S/C26H30N4O3/c1-16-13-17(2)30(29-16)18(3)26(31)28-15-22(20-10-8-12-24(32-4)25(20)33-5)21-14-27-23-11-7-6-9-19(21)23/h6-14,18,22,27H,15H2,1-5H3,(H,28,31). The number of nitrogens with zero attached hydrogens (tertiary/aromatic N) is 2. The van der Waals surface area contributed by atoms with Gasteiger partial charge < -0.3 is 19.8 Å². The Morgan fingerprint density at radius 1 is 1.09 bits per heavy atom. The van der Waals surface area contributed by atoms with Crippen molar-refractivity contribution in [1.82, 2.24) is 20.1 Å². The van der Waals surface area contributed by atoms with Gasteiger partial charge in [-0.1, -0.05) is 30.3 Å². The lowest BCUT2D eigenvalue weighted by Crippen LogP contribution is -2.35. The molecule has 0 aliphatic heterocycles. The van der Waals surface area contributed by atoms with Gasteiger partial charge >= 0.3 is 0 Å². The molecule has 0 radical (unpaired) electrons. The number of rotatable bonds is 8. The van der Waals surface area contributed by atoms with E-state index in [0.29, 0.717) is 18.0 Å². The number of nitrogens with one attached hydrogen (secondary N) is 2. The summed E-state index contributed by atoms with van der Waals surface area (Å²) in [6.07, 6.45) is 2.00. The fourth-order valence-electron chi connectivity index (χ4n) is 4.46. The molecule has 2 unspecified atom stereocenters. The first-order chi connectivity index (χ1) is 15.9. The van der Waals surface area contributed by atoms with Gasteiger partial charge in [0.1, 0.15) is 6.04 Å². The molecule has 0 spiro atoms. The summed E-state index contributed by atoms with van der Waals surface area (Å²) >= 11 is 0. The van der Waals surface area contributed by atoms with E-state index in [9.17, 15) is 4.79 Å². The molecule has 0 aliphatic carbocycles. The van der Waals surface area contributed by atoms with Gasteiger partial charge in [-0.2, -0.15) is 5.10 Å². The number of methoxy groups -OCH3 is 2. The maximum absolute atomic E-state index is 13.1. The largest absolute Gasteiger partial charge is 0.493 e. The van der Waals surface area contributed by atoms with E-state index in [1.165, 1.54) is 0 Å². The van der Waals surface area contributed by atoms with E-state index in [-0.39, 0.29) is 11.8 Å². The number of carbonyl (C=O) groups is 1. The van der Waals surface area contributed by atoms with Crippen LogP contribution >= 0.6 is 0 Å². The van der Waals surface area contributed by atoms with Gasteiger partial charge in [0.05, 0.1) is 19.9 Å². The Balaban J connectivity index is 1.70. The van der Waals surface area contributed by atoms with Gasteiger partial charge in [0, 0.05) is 40.8 Å². The quantitative estimate of drug-likeness (QED) is 0.417. The summed E-state index contributed by atoms with van der Waals surface area (Å²) in [5, 5.41) is 8.72. The van der Waals surface area contributed by atoms with Gasteiger partial charge in [0.15, 0.2) is 11.5 Å². The van der Waals surface area contributed by atoms with Crippen molar-refractivity contribution in [2.75, 3.05) is 20.8 Å².